The molecular weight excluding hydrogens is 342 g/mol. The number of carbonyl (C=O) groups is 2. The van der Waals surface area contributed by atoms with Crippen molar-refractivity contribution in [2.75, 3.05) is 11.4 Å². The Kier molecular flexibility index (Phi) is 3.69. The Balaban J connectivity index is 1.61. The van der Waals surface area contributed by atoms with E-state index in [4.69, 9.17) is 21.8 Å². The molecule has 0 spiro atoms. The van der Waals surface area contributed by atoms with Crippen LogP contribution in [0.4, 0.5) is 5.69 Å². The first-order valence-corrected chi connectivity index (χ1v) is 8.15. The molecule has 0 saturated carbocycles. The van der Waals surface area contributed by atoms with E-state index in [0.717, 1.165) is 11.3 Å². The molecule has 1 atom stereocenters. The SMILES string of the molecule is NC(=O)C1CC(=O)N(c2ccc(-c3nc4cc(Cl)ccc4o3)cc2)C1. The molecule has 1 aliphatic rings. The maximum absolute atomic E-state index is 12.1. The number of fused-ring (bicyclic) bond motifs is 1. The zero-order chi connectivity index (χ0) is 17.6. The molecule has 2 aromatic carbocycles. The lowest BCUT2D eigenvalue weighted by molar-refractivity contribution is -0.123. The first-order chi connectivity index (χ1) is 12.0. The summed E-state index contributed by atoms with van der Waals surface area (Å²) < 4.78 is 5.73. The first kappa shape index (κ1) is 15.7. The molecule has 4 rings (SSSR count). The molecule has 6 nitrogen and oxygen atoms in total. The van der Waals surface area contributed by atoms with E-state index in [1.165, 1.54) is 0 Å². The lowest BCUT2D eigenvalue weighted by Crippen LogP contribution is -2.28. The van der Waals surface area contributed by atoms with Crippen LogP contribution in [0.2, 0.25) is 5.02 Å². The summed E-state index contributed by atoms with van der Waals surface area (Å²) in [4.78, 5) is 29.4. The second kappa shape index (κ2) is 5.89. The minimum atomic E-state index is -0.447. The predicted molar refractivity (Wildman–Crippen MR) is 94.1 cm³/mol. The van der Waals surface area contributed by atoms with E-state index in [1.54, 1.807) is 35.2 Å². The highest BCUT2D eigenvalue weighted by molar-refractivity contribution is 6.31. The van der Waals surface area contributed by atoms with Crippen LogP contribution in [-0.4, -0.2) is 23.3 Å². The number of nitrogens with zero attached hydrogens (tertiary/aromatic N) is 2. The zero-order valence-electron chi connectivity index (χ0n) is 13.1. The summed E-state index contributed by atoms with van der Waals surface area (Å²) in [6.07, 6.45) is 0.156. The van der Waals surface area contributed by atoms with Crippen molar-refractivity contribution >= 4 is 40.2 Å². The van der Waals surface area contributed by atoms with Gasteiger partial charge in [0, 0.05) is 29.2 Å². The fourth-order valence-electron chi connectivity index (χ4n) is 2.96. The molecule has 0 aliphatic carbocycles. The Bertz CT molecular complexity index is 981. The second-order valence-electron chi connectivity index (χ2n) is 5.99. The molecular formula is C18H14ClN3O3. The van der Waals surface area contributed by atoms with Crippen molar-refractivity contribution in [3.8, 4) is 11.5 Å². The number of benzene rings is 2. The van der Waals surface area contributed by atoms with Crippen molar-refractivity contribution in [3.63, 3.8) is 0 Å². The number of hydrogen-bond donors (Lipinski definition) is 1. The van der Waals surface area contributed by atoms with Gasteiger partial charge in [0.2, 0.25) is 17.7 Å². The standard InChI is InChI=1S/C18H14ClN3O3/c19-12-3-6-15-14(8-12)21-18(25-15)10-1-4-13(5-2-10)22-9-11(17(20)24)7-16(22)23/h1-6,8,11H,7,9H2,(H2,20,24). The molecule has 0 bridgehead atoms. The molecule has 25 heavy (non-hydrogen) atoms. The number of anilines is 1. The molecule has 1 unspecified atom stereocenters. The number of rotatable bonds is 3. The highest BCUT2D eigenvalue weighted by Crippen LogP contribution is 2.30. The van der Waals surface area contributed by atoms with E-state index in [1.807, 2.05) is 12.1 Å². The number of carbonyl (C=O) groups excluding carboxylic acids is 2. The van der Waals surface area contributed by atoms with Crippen LogP contribution in [0.5, 0.6) is 0 Å². The second-order valence-corrected chi connectivity index (χ2v) is 6.42. The molecule has 2 heterocycles. The Morgan fingerprint density at radius 1 is 1.24 bits per heavy atom. The minimum Gasteiger partial charge on any atom is -0.436 e. The van der Waals surface area contributed by atoms with Crippen molar-refractivity contribution in [2.24, 2.45) is 11.7 Å². The molecule has 1 aliphatic heterocycles. The third kappa shape index (κ3) is 2.85. The lowest BCUT2D eigenvalue weighted by atomic mass is 10.1. The quantitative estimate of drug-likeness (QED) is 0.782. The molecule has 2 N–H and O–H groups in total. The molecule has 3 aromatic rings. The predicted octanol–water partition coefficient (Wildman–Crippen LogP) is 2.99. The van der Waals surface area contributed by atoms with Gasteiger partial charge in [0.05, 0.1) is 5.92 Å². The maximum atomic E-state index is 12.1. The fourth-order valence-corrected chi connectivity index (χ4v) is 3.12. The third-order valence-electron chi connectivity index (χ3n) is 4.30. The highest BCUT2D eigenvalue weighted by atomic mass is 35.5. The molecule has 1 fully saturated rings. The summed E-state index contributed by atoms with van der Waals surface area (Å²) >= 11 is 5.96. The Hall–Kier alpha value is -2.86. The Morgan fingerprint density at radius 2 is 2.00 bits per heavy atom. The average molecular weight is 356 g/mol. The summed E-state index contributed by atoms with van der Waals surface area (Å²) in [5, 5.41) is 0.597. The van der Waals surface area contributed by atoms with Crippen LogP contribution in [0.1, 0.15) is 6.42 Å². The average Bonchev–Trinajstić information content (AvgIpc) is 3.18. The van der Waals surface area contributed by atoms with Crippen molar-refractivity contribution in [3.05, 3.63) is 47.5 Å². The normalized spacial score (nSPS) is 17.4. The third-order valence-corrected chi connectivity index (χ3v) is 4.54. The van der Waals surface area contributed by atoms with E-state index in [2.05, 4.69) is 4.98 Å². The number of hydrogen-bond acceptors (Lipinski definition) is 4. The summed E-state index contributed by atoms with van der Waals surface area (Å²) in [6.45, 7) is 0.314. The smallest absolute Gasteiger partial charge is 0.227 e. The van der Waals surface area contributed by atoms with Crippen LogP contribution < -0.4 is 10.6 Å². The number of halogens is 1. The number of primary amides is 1. The molecule has 126 valence electrons. The maximum Gasteiger partial charge on any atom is 0.227 e. The van der Waals surface area contributed by atoms with E-state index in [0.29, 0.717) is 28.6 Å². The molecule has 0 radical (unpaired) electrons. The van der Waals surface area contributed by atoms with Crippen LogP contribution in [0.15, 0.2) is 46.9 Å². The van der Waals surface area contributed by atoms with Crippen molar-refractivity contribution < 1.29 is 14.0 Å². The largest absolute Gasteiger partial charge is 0.436 e. The minimum absolute atomic E-state index is 0.104. The van der Waals surface area contributed by atoms with Gasteiger partial charge in [-0.3, -0.25) is 9.59 Å². The summed E-state index contributed by atoms with van der Waals surface area (Å²) in [6, 6.07) is 12.5. The van der Waals surface area contributed by atoms with E-state index < -0.39 is 11.8 Å². The highest BCUT2D eigenvalue weighted by Gasteiger charge is 2.33. The van der Waals surface area contributed by atoms with Crippen LogP contribution in [0.3, 0.4) is 0 Å². The van der Waals surface area contributed by atoms with Crippen LogP contribution in [-0.2, 0) is 9.59 Å². The van der Waals surface area contributed by atoms with Gasteiger partial charge in [-0.25, -0.2) is 4.98 Å². The van der Waals surface area contributed by atoms with E-state index in [9.17, 15) is 9.59 Å². The van der Waals surface area contributed by atoms with Crippen LogP contribution >= 0.6 is 11.6 Å². The lowest BCUT2D eigenvalue weighted by Gasteiger charge is -2.16. The Morgan fingerprint density at radius 3 is 2.68 bits per heavy atom. The zero-order valence-corrected chi connectivity index (χ0v) is 13.9. The van der Waals surface area contributed by atoms with Gasteiger partial charge in [0.25, 0.3) is 0 Å². The Labute approximate surface area is 148 Å². The van der Waals surface area contributed by atoms with Crippen molar-refractivity contribution in [1.82, 2.24) is 4.98 Å². The molecule has 2 amide bonds. The van der Waals surface area contributed by atoms with Gasteiger partial charge in [-0.2, -0.15) is 0 Å². The van der Waals surface area contributed by atoms with E-state index in [-0.39, 0.29) is 12.3 Å². The molecule has 7 heteroatoms. The summed E-state index contributed by atoms with van der Waals surface area (Å²) in [5.74, 6) is -0.508. The van der Waals surface area contributed by atoms with Crippen LogP contribution in [0, 0.1) is 5.92 Å². The topological polar surface area (TPSA) is 89.4 Å². The van der Waals surface area contributed by atoms with Gasteiger partial charge >= 0.3 is 0 Å². The van der Waals surface area contributed by atoms with Gasteiger partial charge in [-0.15, -0.1) is 0 Å². The van der Waals surface area contributed by atoms with Crippen molar-refractivity contribution in [1.29, 1.82) is 0 Å². The molecule has 1 saturated heterocycles. The number of nitrogens with two attached hydrogens (primary N) is 1. The number of amides is 2. The first-order valence-electron chi connectivity index (χ1n) is 7.77. The van der Waals surface area contributed by atoms with Crippen LogP contribution in [0.25, 0.3) is 22.6 Å². The molecule has 1 aromatic heterocycles. The van der Waals surface area contributed by atoms with E-state index >= 15 is 0 Å². The summed E-state index contributed by atoms with van der Waals surface area (Å²) in [5.41, 5.74) is 8.15. The van der Waals surface area contributed by atoms with Gasteiger partial charge in [-0.1, -0.05) is 11.6 Å². The van der Waals surface area contributed by atoms with Gasteiger partial charge in [0.15, 0.2) is 5.58 Å². The van der Waals surface area contributed by atoms with Gasteiger partial charge < -0.3 is 15.1 Å². The summed E-state index contributed by atoms with van der Waals surface area (Å²) in [7, 11) is 0. The fraction of sp³-hybridized carbons (Fsp3) is 0.167. The monoisotopic (exact) mass is 355 g/mol. The van der Waals surface area contributed by atoms with Gasteiger partial charge in [-0.05, 0) is 42.5 Å². The number of aromatic nitrogens is 1. The van der Waals surface area contributed by atoms with Crippen molar-refractivity contribution in [2.45, 2.75) is 6.42 Å². The number of oxazole rings is 1. The van der Waals surface area contributed by atoms with Gasteiger partial charge in [0.1, 0.15) is 5.52 Å².